The normalized spacial score (nSPS) is 10.9. The molecule has 0 amide bonds. The second-order valence-corrected chi connectivity index (χ2v) is 6.59. The fourth-order valence-electron chi connectivity index (χ4n) is 1.97. The van der Waals surface area contributed by atoms with Gasteiger partial charge in [0.1, 0.15) is 5.82 Å². The van der Waals surface area contributed by atoms with Gasteiger partial charge in [-0.25, -0.2) is 4.39 Å². The van der Waals surface area contributed by atoms with Crippen molar-refractivity contribution in [2.75, 3.05) is 0 Å². The summed E-state index contributed by atoms with van der Waals surface area (Å²) in [6.07, 6.45) is 0. The number of hydrogen-bond donors (Lipinski definition) is 0. The van der Waals surface area contributed by atoms with Crippen LogP contribution in [0.2, 0.25) is 0 Å². The summed E-state index contributed by atoms with van der Waals surface area (Å²) in [6, 6.07) is 12.9. The van der Waals surface area contributed by atoms with E-state index < -0.39 is 0 Å². The van der Waals surface area contributed by atoms with Crippen molar-refractivity contribution in [1.29, 1.82) is 0 Å². The molecule has 4 nitrogen and oxygen atoms in total. The van der Waals surface area contributed by atoms with Crippen LogP contribution in [0, 0.1) is 12.7 Å². The van der Waals surface area contributed by atoms with E-state index in [9.17, 15) is 4.39 Å². The molecule has 1 aromatic heterocycles. The minimum Gasteiger partial charge on any atom is -0.207 e. The first-order valence-electron chi connectivity index (χ1n) is 6.55. The first-order chi connectivity index (χ1) is 10.6. The second-order valence-electron chi connectivity index (χ2n) is 4.74. The van der Waals surface area contributed by atoms with Crippen molar-refractivity contribution >= 4 is 27.7 Å². The summed E-state index contributed by atoms with van der Waals surface area (Å²) in [5, 5.41) is 12.4. The quantitative estimate of drug-likeness (QED) is 0.639. The summed E-state index contributed by atoms with van der Waals surface area (Å²) in [6.45, 7) is 2.01. The topological polar surface area (TPSA) is 43.6 Å². The smallest absolute Gasteiger partial charge is 0.207 e. The van der Waals surface area contributed by atoms with Gasteiger partial charge in [-0.15, -0.1) is 5.10 Å². The average molecular weight is 379 g/mol. The fourth-order valence-corrected chi connectivity index (χ4v) is 3.18. The molecule has 0 unspecified atom stereocenters. The number of aryl methyl sites for hydroxylation is 1. The van der Waals surface area contributed by atoms with E-state index in [0.717, 1.165) is 15.7 Å². The zero-order valence-corrected chi connectivity index (χ0v) is 14.1. The molecule has 1 heterocycles. The Morgan fingerprint density at radius 1 is 1.23 bits per heavy atom. The SMILES string of the molecule is Cc1cccc(-n2nnnc2SCc2ccc(Br)cc2F)c1. The van der Waals surface area contributed by atoms with E-state index in [0.29, 0.717) is 16.5 Å². The zero-order chi connectivity index (χ0) is 15.5. The van der Waals surface area contributed by atoms with Crippen LogP contribution >= 0.6 is 27.7 Å². The van der Waals surface area contributed by atoms with Crippen LogP contribution < -0.4 is 0 Å². The van der Waals surface area contributed by atoms with E-state index in [1.54, 1.807) is 10.7 Å². The molecule has 0 spiro atoms. The monoisotopic (exact) mass is 378 g/mol. The summed E-state index contributed by atoms with van der Waals surface area (Å²) in [7, 11) is 0. The van der Waals surface area contributed by atoms with Crippen LogP contribution in [0.3, 0.4) is 0 Å². The summed E-state index contributed by atoms with van der Waals surface area (Å²) < 4.78 is 16.2. The largest absolute Gasteiger partial charge is 0.214 e. The van der Waals surface area contributed by atoms with Crippen molar-refractivity contribution in [3.05, 3.63) is 63.9 Å². The highest BCUT2D eigenvalue weighted by molar-refractivity contribution is 9.10. The molecule has 112 valence electrons. The van der Waals surface area contributed by atoms with Gasteiger partial charge in [0, 0.05) is 10.2 Å². The molecule has 22 heavy (non-hydrogen) atoms. The lowest BCUT2D eigenvalue weighted by Gasteiger charge is -2.06. The predicted molar refractivity (Wildman–Crippen MR) is 87.6 cm³/mol. The van der Waals surface area contributed by atoms with Crippen LogP contribution in [0.5, 0.6) is 0 Å². The number of benzene rings is 2. The molecule has 3 rings (SSSR count). The Kier molecular flexibility index (Phi) is 4.54. The number of thioether (sulfide) groups is 1. The Morgan fingerprint density at radius 3 is 2.86 bits per heavy atom. The van der Waals surface area contributed by atoms with E-state index in [2.05, 4.69) is 31.5 Å². The van der Waals surface area contributed by atoms with Gasteiger partial charge in [-0.3, -0.25) is 0 Å². The summed E-state index contributed by atoms with van der Waals surface area (Å²) in [5.74, 6) is 0.224. The maximum absolute atomic E-state index is 13.9. The molecular formula is C15H12BrFN4S. The highest BCUT2D eigenvalue weighted by Gasteiger charge is 2.11. The predicted octanol–water partition coefficient (Wildman–Crippen LogP) is 4.16. The van der Waals surface area contributed by atoms with Crippen molar-refractivity contribution in [3.63, 3.8) is 0 Å². The van der Waals surface area contributed by atoms with Crippen LogP contribution in [0.4, 0.5) is 4.39 Å². The van der Waals surface area contributed by atoms with E-state index in [4.69, 9.17) is 0 Å². The van der Waals surface area contributed by atoms with E-state index in [-0.39, 0.29) is 5.82 Å². The van der Waals surface area contributed by atoms with E-state index in [1.165, 1.54) is 17.8 Å². The average Bonchev–Trinajstić information content (AvgIpc) is 2.95. The Hall–Kier alpha value is -1.73. The molecule has 0 radical (unpaired) electrons. The van der Waals surface area contributed by atoms with Gasteiger partial charge in [-0.2, -0.15) is 4.68 Å². The maximum Gasteiger partial charge on any atom is 0.214 e. The number of tetrazole rings is 1. The minimum absolute atomic E-state index is 0.239. The molecule has 0 fully saturated rings. The van der Waals surface area contributed by atoms with Crippen molar-refractivity contribution in [2.24, 2.45) is 0 Å². The summed E-state index contributed by atoms with van der Waals surface area (Å²) >= 11 is 4.65. The summed E-state index contributed by atoms with van der Waals surface area (Å²) in [5.41, 5.74) is 2.64. The zero-order valence-electron chi connectivity index (χ0n) is 11.7. The molecule has 3 aromatic rings. The molecular weight excluding hydrogens is 367 g/mol. The molecule has 0 bridgehead atoms. The minimum atomic E-state index is -0.239. The van der Waals surface area contributed by atoms with Crippen LogP contribution in [-0.2, 0) is 5.75 Å². The molecule has 0 atom stereocenters. The highest BCUT2D eigenvalue weighted by Crippen LogP contribution is 2.25. The third kappa shape index (κ3) is 3.36. The van der Waals surface area contributed by atoms with Crippen LogP contribution in [-0.4, -0.2) is 20.2 Å². The van der Waals surface area contributed by atoms with Gasteiger partial charge >= 0.3 is 0 Å². The lowest BCUT2D eigenvalue weighted by Crippen LogP contribution is -1.99. The second kappa shape index (κ2) is 6.58. The first kappa shape index (κ1) is 15.2. The third-order valence-electron chi connectivity index (χ3n) is 3.06. The van der Waals surface area contributed by atoms with Gasteiger partial charge in [0.2, 0.25) is 5.16 Å². The molecule has 2 aromatic carbocycles. The van der Waals surface area contributed by atoms with Crippen molar-refractivity contribution < 1.29 is 4.39 Å². The van der Waals surface area contributed by atoms with Gasteiger partial charge < -0.3 is 0 Å². The molecule has 0 N–H and O–H groups in total. The Bertz CT molecular complexity index is 806. The standard InChI is InChI=1S/C15H12BrFN4S/c1-10-3-2-4-13(7-10)21-15(18-19-20-21)22-9-11-5-6-12(16)8-14(11)17/h2-8H,9H2,1H3. The van der Waals surface area contributed by atoms with Crippen molar-refractivity contribution in [2.45, 2.75) is 17.8 Å². The lowest BCUT2D eigenvalue weighted by atomic mass is 10.2. The molecule has 0 saturated carbocycles. The van der Waals surface area contributed by atoms with Crippen LogP contribution in [0.25, 0.3) is 5.69 Å². The number of hydrogen-bond acceptors (Lipinski definition) is 4. The lowest BCUT2D eigenvalue weighted by molar-refractivity contribution is 0.616. The van der Waals surface area contributed by atoms with Gasteiger partial charge in [0.15, 0.2) is 0 Å². The first-order valence-corrected chi connectivity index (χ1v) is 8.33. The molecule has 7 heteroatoms. The molecule has 0 aliphatic heterocycles. The van der Waals surface area contributed by atoms with Crippen LogP contribution in [0.15, 0.2) is 52.1 Å². The van der Waals surface area contributed by atoms with Gasteiger partial charge in [0.25, 0.3) is 0 Å². The molecule has 0 aliphatic rings. The number of halogens is 2. The van der Waals surface area contributed by atoms with Gasteiger partial charge in [-0.1, -0.05) is 45.9 Å². The third-order valence-corrected chi connectivity index (χ3v) is 4.52. The van der Waals surface area contributed by atoms with E-state index in [1.807, 2.05) is 37.3 Å². The van der Waals surface area contributed by atoms with Crippen molar-refractivity contribution in [3.8, 4) is 5.69 Å². The van der Waals surface area contributed by atoms with Gasteiger partial charge in [0.05, 0.1) is 5.69 Å². The maximum atomic E-state index is 13.9. The van der Waals surface area contributed by atoms with Crippen molar-refractivity contribution in [1.82, 2.24) is 20.2 Å². The number of rotatable bonds is 4. The Balaban J connectivity index is 1.81. The molecule has 0 saturated heterocycles. The van der Waals surface area contributed by atoms with Gasteiger partial charge in [-0.05, 0) is 52.7 Å². The summed E-state index contributed by atoms with van der Waals surface area (Å²) in [4.78, 5) is 0. The Morgan fingerprint density at radius 2 is 2.09 bits per heavy atom. The number of nitrogens with zero attached hydrogens (tertiary/aromatic N) is 4. The van der Waals surface area contributed by atoms with Crippen LogP contribution in [0.1, 0.15) is 11.1 Å². The fraction of sp³-hybridized carbons (Fsp3) is 0.133. The van der Waals surface area contributed by atoms with E-state index >= 15 is 0 Å². The highest BCUT2D eigenvalue weighted by atomic mass is 79.9. The number of aromatic nitrogens is 4. The Labute approximate surface area is 139 Å². The molecule has 0 aliphatic carbocycles.